The lowest BCUT2D eigenvalue weighted by atomic mass is 10.1. The molecule has 0 heterocycles. The molecule has 0 spiro atoms. The zero-order valence-corrected chi connectivity index (χ0v) is 13.6. The van der Waals surface area contributed by atoms with Gasteiger partial charge in [-0.1, -0.05) is 24.1 Å². The number of sulfone groups is 1. The Morgan fingerprint density at radius 2 is 1.95 bits per heavy atom. The van der Waals surface area contributed by atoms with Crippen molar-refractivity contribution >= 4 is 9.84 Å². The average Bonchev–Trinajstić information content (AvgIpc) is 2.82. The Bertz CT molecular complexity index is 553. The first-order chi connectivity index (χ1) is 9.88. The predicted octanol–water partition coefficient (Wildman–Crippen LogP) is 1.91. The Kier molecular flexibility index (Phi) is 5.41. The molecule has 5 heteroatoms. The summed E-state index contributed by atoms with van der Waals surface area (Å²) in [5, 5.41) is 13.0. The molecule has 1 saturated carbocycles. The number of rotatable bonds is 6. The third-order valence-corrected chi connectivity index (χ3v) is 6.13. The summed E-state index contributed by atoms with van der Waals surface area (Å²) in [6.07, 6.45) is 2.70. The standard InChI is InChI=1S/C16H25NO3S/c1-12-6-8-15(9-7-12)21(19,20)11-13(2)17-10-14-4-3-5-16(14)18/h6-9,13-14,16-18H,3-5,10-11H2,1-2H3/t13-,14+,16-/m0/s1. The van der Waals surface area contributed by atoms with E-state index >= 15 is 0 Å². The molecule has 2 rings (SSSR count). The molecule has 0 aliphatic heterocycles. The van der Waals surface area contributed by atoms with Crippen molar-refractivity contribution in [1.29, 1.82) is 0 Å². The van der Waals surface area contributed by atoms with E-state index in [1.807, 2.05) is 26.0 Å². The van der Waals surface area contributed by atoms with Gasteiger partial charge in [0.05, 0.1) is 16.8 Å². The predicted molar refractivity (Wildman–Crippen MR) is 84.0 cm³/mol. The van der Waals surface area contributed by atoms with Gasteiger partial charge in [0.1, 0.15) is 0 Å². The van der Waals surface area contributed by atoms with Crippen LogP contribution in [0.15, 0.2) is 29.2 Å². The third kappa shape index (κ3) is 4.53. The van der Waals surface area contributed by atoms with Gasteiger partial charge in [-0.15, -0.1) is 0 Å². The molecule has 0 unspecified atom stereocenters. The minimum absolute atomic E-state index is 0.0822. The summed E-state index contributed by atoms with van der Waals surface area (Å²) in [4.78, 5) is 0.377. The zero-order chi connectivity index (χ0) is 15.5. The molecule has 4 nitrogen and oxygen atoms in total. The summed E-state index contributed by atoms with van der Waals surface area (Å²) in [6.45, 7) is 4.51. The van der Waals surface area contributed by atoms with Crippen LogP contribution < -0.4 is 5.32 Å². The summed E-state index contributed by atoms with van der Waals surface area (Å²) in [5.74, 6) is 0.341. The lowest BCUT2D eigenvalue weighted by Crippen LogP contribution is -2.38. The molecule has 1 fully saturated rings. The normalized spacial score (nSPS) is 24.1. The largest absolute Gasteiger partial charge is 0.393 e. The van der Waals surface area contributed by atoms with Crippen LogP contribution in [0.1, 0.15) is 31.7 Å². The highest BCUT2D eigenvalue weighted by Gasteiger charge is 2.26. The van der Waals surface area contributed by atoms with Crippen molar-refractivity contribution in [2.45, 2.75) is 50.2 Å². The molecule has 0 radical (unpaired) electrons. The van der Waals surface area contributed by atoms with Gasteiger partial charge < -0.3 is 10.4 Å². The number of aliphatic hydroxyl groups excluding tert-OH is 1. The molecule has 1 aliphatic rings. The number of benzene rings is 1. The first-order valence-electron chi connectivity index (χ1n) is 7.59. The molecule has 1 aliphatic carbocycles. The Balaban J connectivity index is 1.89. The second-order valence-electron chi connectivity index (χ2n) is 6.16. The summed E-state index contributed by atoms with van der Waals surface area (Å²) < 4.78 is 24.6. The van der Waals surface area contributed by atoms with Crippen LogP contribution in [-0.4, -0.2) is 38.0 Å². The number of aliphatic hydroxyl groups is 1. The highest BCUT2D eigenvalue weighted by molar-refractivity contribution is 7.91. The molecule has 3 atom stereocenters. The fourth-order valence-corrected chi connectivity index (χ4v) is 4.36. The Hall–Kier alpha value is -0.910. The molecule has 1 aromatic carbocycles. The van der Waals surface area contributed by atoms with Gasteiger partial charge >= 0.3 is 0 Å². The molecule has 1 aromatic rings. The van der Waals surface area contributed by atoms with Crippen molar-refractivity contribution in [3.8, 4) is 0 Å². The van der Waals surface area contributed by atoms with Gasteiger partial charge in [-0.05, 0) is 44.7 Å². The van der Waals surface area contributed by atoms with Crippen molar-refractivity contribution < 1.29 is 13.5 Å². The quantitative estimate of drug-likeness (QED) is 0.842. The van der Waals surface area contributed by atoms with E-state index < -0.39 is 9.84 Å². The van der Waals surface area contributed by atoms with Crippen LogP contribution in [0.4, 0.5) is 0 Å². The molecule has 2 N–H and O–H groups in total. The number of hydrogen-bond acceptors (Lipinski definition) is 4. The zero-order valence-electron chi connectivity index (χ0n) is 12.7. The molecule has 0 aromatic heterocycles. The van der Waals surface area contributed by atoms with Crippen molar-refractivity contribution in [3.63, 3.8) is 0 Å². The summed E-state index contributed by atoms with van der Waals surface area (Å²) in [6, 6.07) is 6.85. The molecule has 21 heavy (non-hydrogen) atoms. The molecular formula is C16H25NO3S. The van der Waals surface area contributed by atoms with Gasteiger partial charge in [-0.2, -0.15) is 0 Å². The second-order valence-corrected chi connectivity index (χ2v) is 8.20. The highest BCUT2D eigenvalue weighted by atomic mass is 32.2. The van der Waals surface area contributed by atoms with Gasteiger partial charge in [-0.25, -0.2) is 8.42 Å². The average molecular weight is 311 g/mol. The lowest BCUT2D eigenvalue weighted by molar-refractivity contribution is 0.130. The Morgan fingerprint density at radius 3 is 2.52 bits per heavy atom. The van der Waals surface area contributed by atoms with Gasteiger partial charge in [0.15, 0.2) is 9.84 Å². The first kappa shape index (κ1) is 16.5. The van der Waals surface area contributed by atoms with Gasteiger partial charge in [-0.3, -0.25) is 0 Å². The monoisotopic (exact) mass is 311 g/mol. The topological polar surface area (TPSA) is 66.4 Å². The molecule has 0 amide bonds. The van der Waals surface area contributed by atoms with Gasteiger partial charge in [0, 0.05) is 12.6 Å². The van der Waals surface area contributed by atoms with E-state index in [0.29, 0.717) is 11.4 Å². The molecular weight excluding hydrogens is 286 g/mol. The van der Waals surface area contributed by atoms with E-state index in [2.05, 4.69) is 5.32 Å². The van der Waals surface area contributed by atoms with E-state index in [0.717, 1.165) is 24.8 Å². The number of hydrogen-bond donors (Lipinski definition) is 2. The van der Waals surface area contributed by atoms with Crippen molar-refractivity contribution in [3.05, 3.63) is 29.8 Å². The molecule has 0 bridgehead atoms. The second kappa shape index (κ2) is 6.90. The van der Waals surface area contributed by atoms with Crippen LogP contribution in [0.2, 0.25) is 0 Å². The van der Waals surface area contributed by atoms with Crippen molar-refractivity contribution in [2.24, 2.45) is 5.92 Å². The number of nitrogens with one attached hydrogen (secondary N) is 1. The Labute approximate surface area is 127 Å². The first-order valence-corrected chi connectivity index (χ1v) is 9.24. The van der Waals surface area contributed by atoms with Crippen LogP contribution in [0.3, 0.4) is 0 Å². The fourth-order valence-electron chi connectivity index (χ4n) is 2.84. The van der Waals surface area contributed by atoms with Crippen molar-refractivity contribution in [1.82, 2.24) is 5.32 Å². The van der Waals surface area contributed by atoms with Crippen LogP contribution in [-0.2, 0) is 9.84 Å². The van der Waals surface area contributed by atoms with Crippen molar-refractivity contribution in [2.75, 3.05) is 12.3 Å². The summed E-state index contributed by atoms with van der Waals surface area (Å²) in [7, 11) is -3.26. The van der Waals surface area contributed by atoms with E-state index in [1.165, 1.54) is 0 Å². The Morgan fingerprint density at radius 1 is 1.29 bits per heavy atom. The SMILES string of the molecule is Cc1ccc(S(=O)(=O)C[C@H](C)NC[C@H]2CCC[C@@H]2O)cc1. The smallest absolute Gasteiger partial charge is 0.179 e. The van der Waals surface area contributed by atoms with Crippen LogP contribution >= 0.6 is 0 Å². The van der Waals surface area contributed by atoms with Gasteiger partial charge in [0.25, 0.3) is 0 Å². The lowest BCUT2D eigenvalue weighted by Gasteiger charge is -2.19. The maximum absolute atomic E-state index is 12.3. The van der Waals surface area contributed by atoms with Crippen LogP contribution in [0.25, 0.3) is 0 Å². The highest BCUT2D eigenvalue weighted by Crippen LogP contribution is 2.24. The minimum atomic E-state index is -3.26. The third-order valence-electron chi connectivity index (χ3n) is 4.20. The van der Waals surface area contributed by atoms with E-state index in [-0.39, 0.29) is 23.8 Å². The maximum atomic E-state index is 12.3. The van der Waals surface area contributed by atoms with E-state index in [4.69, 9.17) is 0 Å². The minimum Gasteiger partial charge on any atom is -0.393 e. The van der Waals surface area contributed by atoms with E-state index in [1.54, 1.807) is 12.1 Å². The van der Waals surface area contributed by atoms with Crippen LogP contribution in [0, 0.1) is 12.8 Å². The van der Waals surface area contributed by atoms with Gasteiger partial charge in [0.2, 0.25) is 0 Å². The fraction of sp³-hybridized carbons (Fsp3) is 0.625. The maximum Gasteiger partial charge on any atom is 0.179 e. The molecule has 118 valence electrons. The van der Waals surface area contributed by atoms with Crippen LogP contribution in [0.5, 0.6) is 0 Å². The summed E-state index contributed by atoms with van der Waals surface area (Å²) in [5.41, 5.74) is 1.05. The number of aryl methyl sites for hydroxylation is 1. The van der Waals surface area contributed by atoms with E-state index in [9.17, 15) is 13.5 Å². The molecule has 0 saturated heterocycles. The summed E-state index contributed by atoms with van der Waals surface area (Å²) >= 11 is 0.